The largest absolute Gasteiger partial charge is 0.309 e. The highest BCUT2D eigenvalue weighted by atomic mass is 14.9. The van der Waals surface area contributed by atoms with E-state index in [1.54, 1.807) is 0 Å². The number of hydrogen-bond donors (Lipinski definition) is 1. The molecular formula is C16H18N2. The molecule has 0 fully saturated rings. The molecule has 1 heterocycles. The van der Waals surface area contributed by atoms with Crippen LogP contribution in [0.3, 0.4) is 0 Å². The van der Waals surface area contributed by atoms with Crippen LogP contribution in [0.2, 0.25) is 0 Å². The normalized spacial score (nSPS) is 12.3. The zero-order valence-corrected chi connectivity index (χ0v) is 10.9. The van der Waals surface area contributed by atoms with Crippen molar-refractivity contribution in [3.05, 3.63) is 41.6 Å². The van der Waals surface area contributed by atoms with Gasteiger partial charge in [0.2, 0.25) is 0 Å². The number of nitrogens with one attached hydrogen (secondary N) is 1. The molecule has 1 unspecified atom stereocenters. The fourth-order valence-electron chi connectivity index (χ4n) is 2.28. The number of hydrogen-bond acceptors (Lipinski definition) is 2. The third-order valence-corrected chi connectivity index (χ3v) is 3.02. The summed E-state index contributed by atoms with van der Waals surface area (Å²) in [5, 5.41) is 4.63. The average Bonchev–Trinajstić information content (AvgIpc) is 2.37. The molecule has 2 rings (SSSR count). The maximum atomic E-state index is 5.47. The molecule has 0 radical (unpaired) electrons. The number of pyridine rings is 1. The quantitative estimate of drug-likeness (QED) is 0.827. The van der Waals surface area contributed by atoms with Gasteiger partial charge in [-0.05, 0) is 31.2 Å². The van der Waals surface area contributed by atoms with Crippen molar-refractivity contribution in [1.29, 1.82) is 0 Å². The summed E-state index contributed by atoms with van der Waals surface area (Å²) >= 11 is 0. The van der Waals surface area contributed by atoms with Crippen LogP contribution in [0.25, 0.3) is 10.9 Å². The Bertz CT molecular complexity index is 581. The lowest BCUT2D eigenvalue weighted by molar-refractivity contribution is 0.568. The Morgan fingerprint density at radius 2 is 2.17 bits per heavy atom. The molecule has 0 spiro atoms. The molecule has 2 heteroatoms. The second kappa shape index (κ2) is 5.66. The summed E-state index contributed by atoms with van der Waals surface area (Å²) in [5.74, 6) is 2.75. The smallest absolute Gasteiger partial charge is 0.0708 e. The zero-order valence-electron chi connectivity index (χ0n) is 10.9. The number of para-hydroxylation sites is 1. The fraction of sp³-hybridized carbons (Fsp3) is 0.312. The van der Waals surface area contributed by atoms with E-state index in [1.807, 2.05) is 25.1 Å². The number of benzene rings is 1. The van der Waals surface area contributed by atoms with Gasteiger partial charge < -0.3 is 5.32 Å². The molecular weight excluding hydrogens is 220 g/mol. The Morgan fingerprint density at radius 3 is 2.89 bits per heavy atom. The first-order valence-corrected chi connectivity index (χ1v) is 6.29. The van der Waals surface area contributed by atoms with E-state index in [9.17, 15) is 0 Å². The van der Waals surface area contributed by atoms with Gasteiger partial charge in [0.25, 0.3) is 0 Å². The first kappa shape index (κ1) is 12.6. The van der Waals surface area contributed by atoms with Crippen molar-refractivity contribution >= 4 is 10.9 Å². The van der Waals surface area contributed by atoms with Crippen LogP contribution >= 0.6 is 0 Å². The van der Waals surface area contributed by atoms with Gasteiger partial charge in [-0.15, -0.1) is 12.3 Å². The Kier molecular flexibility index (Phi) is 3.96. The predicted molar refractivity (Wildman–Crippen MR) is 76.3 cm³/mol. The highest BCUT2D eigenvalue weighted by molar-refractivity contribution is 5.82. The second-order valence-electron chi connectivity index (χ2n) is 4.39. The summed E-state index contributed by atoms with van der Waals surface area (Å²) in [4.78, 5) is 4.56. The summed E-state index contributed by atoms with van der Waals surface area (Å²) in [7, 11) is 0. The molecule has 2 nitrogen and oxygen atoms in total. The molecule has 0 aliphatic rings. The predicted octanol–water partition coefficient (Wildman–Crippen LogP) is 3.22. The number of fused-ring (bicyclic) bond motifs is 1. The summed E-state index contributed by atoms with van der Waals surface area (Å²) < 4.78 is 0. The number of rotatable bonds is 4. The highest BCUT2D eigenvalue weighted by Gasteiger charge is 2.13. The molecule has 18 heavy (non-hydrogen) atoms. The van der Waals surface area contributed by atoms with Crippen molar-refractivity contribution < 1.29 is 0 Å². The Labute approximate surface area is 108 Å². The van der Waals surface area contributed by atoms with Crippen molar-refractivity contribution in [2.24, 2.45) is 0 Å². The third kappa shape index (κ3) is 2.52. The molecule has 1 aromatic heterocycles. The molecule has 0 aliphatic heterocycles. The maximum Gasteiger partial charge on any atom is 0.0708 e. The molecule has 0 bridgehead atoms. The van der Waals surface area contributed by atoms with Gasteiger partial charge in [0.1, 0.15) is 0 Å². The van der Waals surface area contributed by atoms with E-state index in [4.69, 9.17) is 6.42 Å². The number of terminal acetylenes is 1. The van der Waals surface area contributed by atoms with Gasteiger partial charge in [0, 0.05) is 23.5 Å². The molecule has 1 atom stereocenters. The molecule has 0 saturated heterocycles. The van der Waals surface area contributed by atoms with Crippen molar-refractivity contribution in [3.63, 3.8) is 0 Å². The first-order chi connectivity index (χ1) is 8.76. The monoisotopic (exact) mass is 238 g/mol. The first-order valence-electron chi connectivity index (χ1n) is 6.29. The van der Waals surface area contributed by atoms with E-state index in [0.717, 1.165) is 17.8 Å². The Balaban J connectivity index is 2.57. The van der Waals surface area contributed by atoms with Gasteiger partial charge in [-0.3, -0.25) is 4.98 Å². The summed E-state index contributed by atoms with van der Waals surface area (Å²) in [6.07, 6.45) is 6.17. The van der Waals surface area contributed by atoms with E-state index < -0.39 is 0 Å². The van der Waals surface area contributed by atoms with E-state index in [2.05, 4.69) is 35.3 Å². The number of aryl methyl sites for hydroxylation is 1. The van der Waals surface area contributed by atoms with E-state index >= 15 is 0 Å². The molecule has 0 amide bonds. The van der Waals surface area contributed by atoms with E-state index in [-0.39, 0.29) is 6.04 Å². The van der Waals surface area contributed by atoms with E-state index in [0.29, 0.717) is 6.42 Å². The van der Waals surface area contributed by atoms with Crippen LogP contribution in [0.1, 0.15) is 30.6 Å². The van der Waals surface area contributed by atoms with Gasteiger partial charge >= 0.3 is 0 Å². The zero-order chi connectivity index (χ0) is 13.0. The van der Waals surface area contributed by atoms with Gasteiger partial charge in [0.15, 0.2) is 0 Å². The Hall–Kier alpha value is -1.85. The van der Waals surface area contributed by atoms with Crippen LogP contribution < -0.4 is 5.32 Å². The van der Waals surface area contributed by atoms with Crippen LogP contribution in [0.5, 0.6) is 0 Å². The van der Waals surface area contributed by atoms with Crippen molar-refractivity contribution in [3.8, 4) is 12.3 Å². The molecule has 0 saturated carbocycles. The minimum absolute atomic E-state index is 0.201. The van der Waals surface area contributed by atoms with Crippen molar-refractivity contribution in [2.45, 2.75) is 26.3 Å². The number of aromatic nitrogens is 1. The van der Waals surface area contributed by atoms with Crippen molar-refractivity contribution in [1.82, 2.24) is 10.3 Å². The molecule has 92 valence electrons. The number of nitrogens with zero attached hydrogens (tertiary/aromatic N) is 1. The van der Waals surface area contributed by atoms with Crippen molar-refractivity contribution in [2.75, 3.05) is 6.54 Å². The minimum Gasteiger partial charge on any atom is -0.309 e. The highest BCUT2D eigenvalue weighted by Crippen LogP contribution is 2.25. The lowest BCUT2D eigenvalue weighted by Gasteiger charge is -2.18. The lowest BCUT2D eigenvalue weighted by Crippen LogP contribution is -2.21. The van der Waals surface area contributed by atoms with Crippen LogP contribution in [-0.2, 0) is 0 Å². The molecule has 0 aliphatic carbocycles. The van der Waals surface area contributed by atoms with Crippen LogP contribution in [0, 0.1) is 19.3 Å². The van der Waals surface area contributed by atoms with Gasteiger partial charge in [-0.1, -0.05) is 25.1 Å². The standard InChI is InChI=1S/C16H18N2/c1-4-8-15(17-5-2)14-11-12(3)18-16-10-7-6-9-13(14)16/h1,6-7,9-11,15,17H,5,8H2,2-3H3. The topological polar surface area (TPSA) is 24.9 Å². The summed E-state index contributed by atoms with van der Waals surface area (Å²) in [5.41, 5.74) is 3.31. The molecule has 1 aromatic carbocycles. The van der Waals surface area contributed by atoms with Crippen LogP contribution in [0.4, 0.5) is 0 Å². The SMILES string of the molecule is C#CCC(NCC)c1cc(C)nc2ccccc12. The Morgan fingerprint density at radius 1 is 1.39 bits per heavy atom. The lowest BCUT2D eigenvalue weighted by atomic mass is 9.98. The summed E-state index contributed by atoms with van der Waals surface area (Å²) in [6.45, 7) is 5.02. The molecule has 1 N–H and O–H groups in total. The summed E-state index contributed by atoms with van der Waals surface area (Å²) in [6, 6.07) is 10.5. The second-order valence-corrected chi connectivity index (χ2v) is 4.39. The van der Waals surface area contributed by atoms with Gasteiger partial charge in [-0.25, -0.2) is 0 Å². The average molecular weight is 238 g/mol. The third-order valence-electron chi connectivity index (χ3n) is 3.02. The van der Waals surface area contributed by atoms with E-state index in [1.165, 1.54) is 10.9 Å². The molecule has 2 aromatic rings. The maximum absolute atomic E-state index is 5.47. The fourth-order valence-corrected chi connectivity index (χ4v) is 2.28. The van der Waals surface area contributed by atoms with Crippen LogP contribution in [0.15, 0.2) is 30.3 Å². The van der Waals surface area contributed by atoms with Gasteiger partial charge in [-0.2, -0.15) is 0 Å². The van der Waals surface area contributed by atoms with Gasteiger partial charge in [0.05, 0.1) is 5.52 Å². The van der Waals surface area contributed by atoms with Crippen LogP contribution in [-0.4, -0.2) is 11.5 Å². The minimum atomic E-state index is 0.201.